The fraction of sp³-hybridized carbons (Fsp3) is 0.350. The van der Waals surface area contributed by atoms with Crippen LogP contribution in [0.3, 0.4) is 0 Å². The molecule has 2 aliphatic rings. The van der Waals surface area contributed by atoms with Gasteiger partial charge < -0.3 is 29.9 Å². The van der Waals surface area contributed by atoms with Crippen LogP contribution in [-0.4, -0.2) is 63.5 Å². The Hall–Kier alpha value is -3.81. The summed E-state index contributed by atoms with van der Waals surface area (Å²) in [4.78, 5) is 57.9. The Balaban J connectivity index is 1.63. The first-order chi connectivity index (χ1) is 15.8. The van der Waals surface area contributed by atoms with Gasteiger partial charge in [0.2, 0.25) is 0 Å². The largest absolute Gasteiger partial charge is 0.452 e. The lowest BCUT2D eigenvalue weighted by molar-refractivity contribution is -0.141. The van der Waals surface area contributed by atoms with Crippen molar-refractivity contribution in [3.05, 3.63) is 58.1 Å². The number of carbonyl (C=O) groups is 3. The molecule has 13 nitrogen and oxygen atoms in total. The molecule has 5 atom stereocenters. The first kappa shape index (κ1) is 22.4. The second-order valence-corrected chi connectivity index (χ2v) is 7.35. The second kappa shape index (κ2) is 8.97. The molecule has 0 bridgehead atoms. The number of rotatable bonds is 5. The highest BCUT2D eigenvalue weighted by Gasteiger charge is 2.52. The summed E-state index contributed by atoms with van der Waals surface area (Å²) in [5, 5.41) is 9.73. The van der Waals surface area contributed by atoms with E-state index >= 15 is 0 Å². The Morgan fingerprint density at radius 1 is 1.18 bits per heavy atom. The molecular weight excluding hydrogens is 440 g/mol. The lowest BCUT2D eigenvalue weighted by Gasteiger charge is -2.27. The molecule has 0 radical (unpaired) electrons. The van der Waals surface area contributed by atoms with Crippen molar-refractivity contribution in [1.82, 2.24) is 9.55 Å². The minimum Gasteiger partial charge on any atom is -0.452 e. The van der Waals surface area contributed by atoms with Gasteiger partial charge in [0.05, 0.1) is 17.7 Å². The van der Waals surface area contributed by atoms with E-state index in [-0.39, 0.29) is 16.9 Å². The van der Waals surface area contributed by atoms with E-state index in [0.29, 0.717) is 0 Å². The van der Waals surface area contributed by atoms with E-state index in [2.05, 4.69) is 10.5 Å². The molecule has 33 heavy (non-hydrogen) atoms. The van der Waals surface area contributed by atoms with Gasteiger partial charge in [0, 0.05) is 12.3 Å². The van der Waals surface area contributed by atoms with Crippen LogP contribution in [0.15, 0.2) is 41.3 Å². The number of nitrogens with one attached hydrogen (secondary N) is 1. The molecule has 0 unspecified atom stereocenters. The molecule has 2 aromatic rings. The van der Waals surface area contributed by atoms with Gasteiger partial charge in [-0.3, -0.25) is 4.57 Å². The van der Waals surface area contributed by atoms with Gasteiger partial charge in [0.25, 0.3) is 0 Å². The number of nitrogens with zero attached hydrogens (tertiary/aromatic N) is 2. The van der Waals surface area contributed by atoms with Gasteiger partial charge in [0.1, 0.15) is 12.1 Å². The number of aliphatic hydroxyl groups excluding tert-OH is 1. The molecule has 1 saturated heterocycles. The van der Waals surface area contributed by atoms with Crippen LogP contribution in [-0.2, 0) is 23.8 Å². The summed E-state index contributed by atoms with van der Waals surface area (Å²) in [7, 11) is 0. The number of benzene rings is 1. The average Bonchev–Trinajstić information content (AvgIpc) is 3.12. The van der Waals surface area contributed by atoms with E-state index in [4.69, 9.17) is 24.8 Å². The molecule has 1 aromatic carbocycles. The van der Waals surface area contributed by atoms with Gasteiger partial charge in [-0.15, -0.1) is 0 Å². The van der Waals surface area contributed by atoms with Crippen LogP contribution >= 0.6 is 0 Å². The molecule has 13 heteroatoms. The topological polar surface area (TPSA) is 181 Å². The number of ether oxygens (including phenoxy) is 3. The van der Waals surface area contributed by atoms with Crippen LogP contribution in [0, 0.1) is 0 Å². The van der Waals surface area contributed by atoms with Crippen molar-refractivity contribution in [1.29, 1.82) is 0 Å². The van der Waals surface area contributed by atoms with Crippen molar-refractivity contribution in [3.8, 4) is 0 Å². The molecule has 0 spiro atoms. The Morgan fingerprint density at radius 3 is 2.39 bits per heavy atom. The monoisotopic (exact) mass is 460 g/mol. The normalized spacial score (nSPS) is 24.9. The highest BCUT2D eigenvalue weighted by molar-refractivity contribution is 6.03. The van der Waals surface area contributed by atoms with Crippen LogP contribution in [0.5, 0.6) is 0 Å². The maximum atomic E-state index is 12.7. The van der Waals surface area contributed by atoms with E-state index in [1.165, 1.54) is 31.3 Å². The zero-order valence-electron chi connectivity index (χ0n) is 17.2. The van der Waals surface area contributed by atoms with Crippen molar-refractivity contribution >= 4 is 23.7 Å². The molecule has 0 saturated carbocycles. The Morgan fingerprint density at radius 2 is 1.82 bits per heavy atom. The average molecular weight is 460 g/mol. The van der Waals surface area contributed by atoms with E-state index < -0.39 is 60.8 Å². The second-order valence-electron chi connectivity index (χ2n) is 7.35. The third kappa shape index (κ3) is 4.28. The predicted octanol–water partition coefficient (Wildman–Crippen LogP) is -0.885. The van der Waals surface area contributed by atoms with Crippen molar-refractivity contribution in [2.24, 2.45) is 5.73 Å². The molecule has 3 heterocycles. The number of aromatic nitrogens is 2. The predicted molar refractivity (Wildman–Crippen MR) is 108 cm³/mol. The van der Waals surface area contributed by atoms with Crippen LogP contribution in [0.2, 0.25) is 0 Å². The first-order valence-corrected chi connectivity index (χ1v) is 9.89. The standard InChI is InChI=1S/C20H20N4O9/c1-9(21)17(26)33-23-13-6-7-24(20(29)22-13)16-15-14(12(8-25)30-16)31-18(27)10-4-2-3-5-11(10)19(28)32-15/h2-7,9,12,14-16,25H,8,21H2,1H3,(H,22,23,29)/t9-,12-,14-,15-,16-/m1/s1. The number of aliphatic hydroxyl groups is 1. The summed E-state index contributed by atoms with van der Waals surface area (Å²) < 4.78 is 17.7. The fourth-order valence-corrected chi connectivity index (χ4v) is 3.42. The molecular formula is C20H20N4O9. The minimum absolute atomic E-state index is 0.00637. The van der Waals surface area contributed by atoms with E-state index in [1.54, 1.807) is 12.1 Å². The Kier molecular flexibility index (Phi) is 6.09. The molecule has 4 N–H and O–H groups in total. The van der Waals surface area contributed by atoms with Crippen LogP contribution < -0.4 is 16.9 Å². The first-order valence-electron chi connectivity index (χ1n) is 9.89. The molecule has 1 fully saturated rings. The third-order valence-corrected chi connectivity index (χ3v) is 5.05. The zero-order chi connectivity index (χ0) is 23.7. The van der Waals surface area contributed by atoms with Gasteiger partial charge in [-0.05, 0) is 19.1 Å². The van der Waals surface area contributed by atoms with Gasteiger partial charge in [-0.1, -0.05) is 12.1 Å². The minimum atomic E-state index is -1.25. The number of hydrogen-bond donors (Lipinski definition) is 3. The molecule has 2 aliphatic heterocycles. The van der Waals surface area contributed by atoms with E-state index in [9.17, 15) is 24.3 Å². The number of hydrogen-bond acceptors (Lipinski definition) is 12. The van der Waals surface area contributed by atoms with Crippen LogP contribution in [0.1, 0.15) is 33.9 Å². The summed E-state index contributed by atoms with van der Waals surface area (Å²) in [6.07, 6.45) is -3.50. The van der Waals surface area contributed by atoms with Crippen molar-refractivity contribution in [2.45, 2.75) is 37.5 Å². The van der Waals surface area contributed by atoms with E-state index in [1.807, 2.05) is 0 Å². The third-order valence-electron chi connectivity index (χ3n) is 5.05. The summed E-state index contributed by atoms with van der Waals surface area (Å²) in [5.74, 6) is -2.46. The number of nitrogens with two attached hydrogens (primary N) is 1. The smallest absolute Gasteiger partial charge is 0.351 e. The summed E-state index contributed by atoms with van der Waals surface area (Å²) in [6.45, 7) is 0.849. The lowest BCUT2D eigenvalue weighted by atomic mass is 10.0. The van der Waals surface area contributed by atoms with Crippen LogP contribution in [0.25, 0.3) is 0 Å². The maximum absolute atomic E-state index is 12.7. The number of esters is 2. The molecule has 0 amide bonds. The molecule has 1 aromatic heterocycles. The van der Waals surface area contributed by atoms with Crippen molar-refractivity contribution in [2.75, 3.05) is 12.1 Å². The number of carbonyl (C=O) groups excluding carboxylic acids is 3. The fourth-order valence-electron chi connectivity index (χ4n) is 3.42. The van der Waals surface area contributed by atoms with Crippen LogP contribution in [0.4, 0.5) is 5.82 Å². The number of fused-ring (bicyclic) bond motifs is 2. The molecule has 174 valence electrons. The summed E-state index contributed by atoms with van der Waals surface area (Å²) in [5.41, 5.74) is 6.75. The van der Waals surface area contributed by atoms with E-state index in [0.717, 1.165) is 4.57 Å². The van der Waals surface area contributed by atoms with Gasteiger partial charge in [-0.2, -0.15) is 4.98 Å². The van der Waals surface area contributed by atoms with Gasteiger partial charge in [0.15, 0.2) is 24.3 Å². The van der Waals surface area contributed by atoms with Crippen molar-refractivity contribution < 1.29 is 38.5 Å². The quantitative estimate of drug-likeness (QED) is 0.285. The maximum Gasteiger partial charge on any atom is 0.351 e. The lowest BCUT2D eigenvalue weighted by Crippen LogP contribution is -2.43. The van der Waals surface area contributed by atoms with Crippen molar-refractivity contribution in [3.63, 3.8) is 0 Å². The Labute approximate surface area is 186 Å². The summed E-state index contributed by atoms with van der Waals surface area (Å²) >= 11 is 0. The molecule has 0 aliphatic carbocycles. The number of anilines is 1. The summed E-state index contributed by atoms with van der Waals surface area (Å²) in [6, 6.07) is 6.36. The Bertz CT molecular complexity index is 1150. The SMILES string of the molecule is C[C@@H](N)C(=O)ONc1ccn([C@@H]2O[C@H](CO)[C@H]3OC(=O)c4ccccc4C(=O)O[C@H]32)c(=O)n1. The highest BCUT2D eigenvalue weighted by atomic mass is 16.7. The van der Waals surface area contributed by atoms with Gasteiger partial charge >= 0.3 is 23.6 Å². The molecule has 4 rings (SSSR count). The zero-order valence-corrected chi connectivity index (χ0v) is 17.2. The highest BCUT2D eigenvalue weighted by Crippen LogP contribution is 2.35. The van der Waals surface area contributed by atoms with Gasteiger partial charge in [-0.25, -0.2) is 24.7 Å².